The summed E-state index contributed by atoms with van der Waals surface area (Å²) in [6, 6.07) is 0. The van der Waals surface area contributed by atoms with Crippen LogP contribution < -0.4 is 5.32 Å². The average molecular weight is 266 g/mol. The van der Waals surface area contributed by atoms with Gasteiger partial charge in [-0.1, -0.05) is 19.8 Å². The van der Waals surface area contributed by atoms with E-state index >= 15 is 0 Å². The summed E-state index contributed by atoms with van der Waals surface area (Å²) < 4.78 is 5.88. The first-order valence-corrected chi connectivity index (χ1v) is 8.28. The lowest BCUT2D eigenvalue weighted by molar-refractivity contribution is -0.0230. The van der Waals surface area contributed by atoms with Crippen molar-refractivity contribution in [1.82, 2.24) is 10.2 Å². The van der Waals surface area contributed by atoms with Crippen LogP contribution in [-0.4, -0.2) is 48.3 Å². The van der Waals surface area contributed by atoms with Crippen molar-refractivity contribution in [2.45, 2.75) is 76.0 Å². The van der Waals surface area contributed by atoms with Crippen LogP contribution in [0.15, 0.2) is 0 Å². The average Bonchev–Trinajstić information content (AvgIpc) is 3.07. The van der Waals surface area contributed by atoms with E-state index in [0.29, 0.717) is 17.2 Å². The molecule has 2 atom stereocenters. The van der Waals surface area contributed by atoms with Gasteiger partial charge in [0.05, 0.1) is 6.10 Å². The highest BCUT2D eigenvalue weighted by molar-refractivity contribution is 5.05. The van der Waals surface area contributed by atoms with Crippen molar-refractivity contribution < 1.29 is 4.74 Å². The molecule has 3 fully saturated rings. The molecule has 0 radical (unpaired) electrons. The summed E-state index contributed by atoms with van der Waals surface area (Å²) in [5, 5.41) is 3.91. The molecule has 1 aliphatic carbocycles. The van der Waals surface area contributed by atoms with Gasteiger partial charge in [0.25, 0.3) is 0 Å². The predicted molar refractivity (Wildman–Crippen MR) is 78.4 cm³/mol. The monoisotopic (exact) mass is 266 g/mol. The van der Waals surface area contributed by atoms with Gasteiger partial charge in [-0.2, -0.15) is 0 Å². The predicted octanol–water partition coefficient (Wildman–Crippen LogP) is 2.55. The summed E-state index contributed by atoms with van der Waals surface area (Å²) in [6.45, 7) is 9.26. The Morgan fingerprint density at radius 1 is 1.26 bits per heavy atom. The largest absolute Gasteiger partial charge is 0.377 e. The zero-order valence-electron chi connectivity index (χ0n) is 12.7. The molecule has 1 N–H and O–H groups in total. The highest BCUT2D eigenvalue weighted by atomic mass is 16.5. The van der Waals surface area contributed by atoms with Gasteiger partial charge in [-0.05, 0) is 39.0 Å². The standard InChI is InChI=1S/C16H30N2O/c1-3-15(2)12-17-16(8-4-5-9-16)13-18(15)11-14-7-6-10-19-14/h14,17H,3-13H2,1-2H3. The Kier molecular flexibility index (Phi) is 3.89. The first-order valence-electron chi connectivity index (χ1n) is 8.28. The van der Waals surface area contributed by atoms with Crippen molar-refractivity contribution in [1.29, 1.82) is 0 Å². The minimum atomic E-state index is 0.319. The summed E-state index contributed by atoms with van der Waals surface area (Å²) >= 11 is 0. The second-order valence-electron chi connectivity index (χ2n) is 7.21. The molecule has 2 unspecified atom stereocenters. The Hall–Kier alpha value is -0.120. The van der Waals surface area contributed by atoms with Gasteiger partial charge in [0.2, 0.25) is 0 Å². The lowest BCUT2D eigenvalue weighted by atomic mass is 9.84. The Balaban J connectivity index is 1.70. The van der Waals surface area contributed by atoms with Crippen molar-refractivity contribution in [3.05, 3.63) is 0 Å². The molecular formula is C16H30N2O. The molecule has 19 heavy (non-hydrogen) atoms. The maximum absolute atomic E-state index is 5.88. The molecule has 3 rings (SSSR count). The van der Waals surface area contributed by atoms with E-state index in [1.807, 2.05) is 0 Å². The summed E-state index contributed by atoms with van der Waals surface area (Å²) in [5.74, 6) is 0. The van der Waals surface area contributed by atoms with Gasteiger partial charge in [-0.15, -0.1) is 0 Å². The van der Waals surface area contributed by atoms with Gasteiger partial charge >= 0.3 is 0 Å². The molecule has 2 heterocycles. The van der Waals surface area contributed by atoms with E-state index in [0.717, 1.165) is 19.7 Å². The number of hydrogen-bond donors (Lipinski definition) is 1. The first-order chi connectivity index (χ1) is 9.16. The molecule has 3 heteroatoms. The van der Waals surface area contributed by atoms with Crippen LogP contribution in [0.4, 0.5) is 0 Å². The Morgan fingerprint density at radius 3 is 2.68 bits per heavy atom. The van der Waals surface area contributed by atoms with Crippen LogP contribution >= 0.6 is 0 Å². The van der Waals surface area contributed by atoms with Crippen LogP contribution in [0.2, 0.25) is 0 Å². The van der Waals surface area contributed by atoms with E-state index in [1.54, 1.807) is 0 Å². The highest BCUT2D eigenvalue weighted by Crippen LogP contribution is 2.37. The molecule has 3 nitrogen and oxygen atoms in total. The normalized spacial score (nSPS) is 39.2. The van der Waals surface area contributed by atoms with Crippen LogP contribution in [0, 0.1) is 0 Å². The van der Waals surface area contributed by atoms with Crippen LogP contribution in [-0.2, 0) is 4.74 Å². The number of nitrogens with zero attached hydrogens (tertiary/aromatic N) is 1. The fourth-order valence-corrected chi connectivity index (χ4v) is 4.16. The molecule has 3 aliphatic rings. The molecule has 0 bridgehead atoms. The van der Waals surface area contributed by atoms with Crippen LogP contribution in [0.3, 0.4) is 0 Å². The quantitative estimate of drug-likeness (QED) is 0.849. The molecule has 1 spiro atoms. The van der Waals surface area contributed by atoms with Gasteiger partial charge in [0.1, 0.15) is 0 Å². The Labute approximate surface area is 118 Å². The second kappa shape index (κ2) is 5.34. The third-order valence-electron chi connectivity index (χ3n) is 5.87. The molecule has 0 aromatic carbocycles. The number of hydrogen-bond acceptors (Lipinski definition) is 3. The van der Waals surface area contributed by atoms with E-state index in [-0.39, 0.29) is 0 Å². The van der Waals surface area contributed by atoms with Gasteiger partial charge < -0.3 is 10.1 Å². The van der Waals surface area contributed by atoms with E-state index in [9.17, 15) is 0 Å². The lowest BCUT2D eigenvalue weighted by Crippen LogP contribution is -2.69. The van der Waals surface area contributed by atoms with E-state index in [4.69, 9.17) is 4.74 Å². The summed E-state index contributed by atoms with van der Waals surface area (Å²) in [6.07, 6.45) is 9.78. The highest BCUT2D eigenvalue weighted by Gasteiger charge is 2.45. The molecule has 2 saturated heterocycles. The van der Waals surface area contributed by atoms with E-state index < -0.39 is 0 Å². The van der Waals surface area contributed by atoms with Crippen LogP contribution in [0.1, 0.15) is 58.8 Å². The molecule has 2 aliphatic heterocycles. The summed E-state index contributed by atoms with van der Waals surface area (Å²) in [7, 11) is 0. The Morgan fingerprint density at radius 2 is 2.05 bits per heavy atom. The number of ether oxygens (including phenoxy) is 1. The van der Waals surface area contributed by atoms with E-state index in [2.05, 4.69) is 24.1 Å². The Bertz CT molecular complexity index is 308. The minimum absolute atomic E-state index is 0.319. The molecule has 0 aromatic heterocycles. The van der Waals surface area contributed by atoms with Crippen molar-refractivity contribution in [2.24, 2.45) is 0 Å². The van der Waals surface area contributed by atoms with Gasteiger partial charge in [-0.25, -0.2) is 0 Å². The molecule has 0 amide bonds. The third kappa shape index (κ3) is 2.70. The maximum atomic E-state index is 5.88. The van der Waals surface area contributed by atoms with Gasteiger partial charge in [-0.3, -0.25) is 4.90 Å². The molecule has 1 saturated carbocycles. The van der Waals surface area contributed by atoms with Gasteiger partial charge in [0.15, 0.2) is 0 Å². The van der Waals surface area contributed by atoms with Crippen molar-refractivity contribution in [2.75, 3.05) is 26.2 Å². The maximum Gasteiger partial charge on any atom is 0.0703 e. The third-order valence-corrected chi connectivity index (χ3v) is 5.87. The smallest absolute Gasteiger partial charge is 0.0703 e. The fourth-order valence-electron chi connectivity index (χ4n) is 4.16. The number of piperazine rings is 1. The van der Waals surface area contributed by atoms with Crippen molar-refractivity contribution in [3.63, 3.8) is 0 Å². The number of rotatable bonds is 3. The van der Waals surface area contributed by atoms with Crippen molar-refractivity contribution in [3.8, 4) is 0 Å². The minimum Gasteiger partial charge on any atom is -0.377 e. The SMILES string of the molecule is CCC1(C)CNC2(CCCC2)CN1CC1CCCO1. The molecule has 0 aromatic rings. The lowest BCUT2D eigenvalue weighted by Gasteiger charge is -2.53. The fraction of sp³-hybridized carbons (Fsp3) is 1.00. The van der Waals surface area contributed by atoms with E-state index in [1.165, 1.54) is 51.5 Å². The zero-order chi connectivity index (χ0) is 13.3. The van der Waals surface area contributed by atoms with Crippen LogP contribution in [0.5, 0.6) is 0 Å². The second-order valence-corrected chi connectivity index (χ2v) is 7.21. The zero-order valence-corrected chi connectivity index (χ0v) is 12.7. The van der Waals surface area contributed by atoms with Crippen LogP contribution in [0.25, 0.3) is 0 Å². The molecule has 110 valence electrons. The first kappa shape index (κ1) is 13.8. The topological polar surface area (TPSA) is 24.5 Å². The van der Waals surface area contributed by atoms with Gasteiger partial charge in [0, 0.05) is 37.3 Å². The van der Waals surface area contributed by atoms with Crippen molar-refractivity contribution >= 4 is 0 Å². The summed E-state index contributed by atoms with van der Waals surface area (Å²) in [4.78, 5) is 2.75. The summed E-state index contributed by atoms with van der Waals surface area (Å²) in [5.41, 5.74) is 0.743. The number of nitrogens with one attached hydrogen (secondary N) is 1. The molecular weight excluding hydrogens is 236 g/mol.